The molecule has 7 nitrogen and oxygen atoms in total. The predicted molar refractivity (Wildman–Crippen MR) is 74.5 cm³/mol. The Morgan fingerprint density at radius 2 is 2.00 bits per heavy atom. The predicted octanol–water partition coefficient (Wildman–Crippen LogP) is -0.0415. The number of nitrogens with one attached hydrogen (secondary N) is 1. The Morgan fingerprint density at radius 1 is 1.33 bits per heavy atom. The maximum Gasteiger partial charge on any atom is 0.262 e. The zero-order chi connectivity index (χ0) is 15.6. The second-order valence-electron chi connectivity index (χ2n) is 4.66. The molecule has 0 radical (unpaired) electrons. The quantitative estimate of drug-likeness (QED) is 0.449. The van der Waals surface area contributed by atoms with Crippen molar-refractivity contribution in [3.8, 4) is 0 Å². The van der Waals surface area contributed by atoms with Crippen molar-refractivity contribution in [3.05, 3.63) is 29.3 Å². The highest BCUT2D eigenvalue weighted by Gasteiger charge is 2.42. The first-order valence-corrected chi connectivity index (χ1v) is 6.44. The molecule has 0 saturated heterocycles. The van der Waals surface area contributed by atoms with Gasteiger partial charge in [0.1, 0.15) is 12.3 Å². The van der Waals surface area contributed by atoms with Gasteiger partial charge in [0.25, 0.3) is 11.8 Å². The molecular formula is C14H15N3O4. The number of imide groups is 1. The van der Waals surface area contributed by atoms with Gasteiger partial charge in [0, 0.05) is 19.2 Å². The van der Waals surface area contributed by atoms with Crippen LogP contribution in [0.25, 0.3) is 0 Å². The highest BCUT2D eigenvalue weighted by molar-refractivity contribution is 6.23. The second kappa shape index (κ2) is 5.74. The number of nitrogen functional groups attached to an aromatic ring is 1. The van der Waals surface area contributed by atoms with Crippen molar-refractivity contribution in [1.82, 2.24) is 10.2 Å². The third kappa shape index (κ3) is 2.49. The molecule has 1 aromatic rings. The first kappa shape index (κ1) is 14.7. The molecule has 0 spiro atoms. The van der Waals surface area contributed by atoms with Crippen molar-refractivity contribution in [2.24, 2.45) is 0 Å². The number of carbonyl (C=O) groups excluding carboxylic acids is 4. The van der Waals surface area contributed by atoms with E-state index in [1.807, 2.05) is 0 Å². The molecule has 7 heteroatoms. The number of rotatable bonds is 5. The number of aldehydes is 1. The van der Waals surface area contributed by atoms with Crippen LogP contribution in [0, 0.1) is 0 Å². The molecule has 3 N–H and O–H groups in total. The van der Waals surface area contributed by atoms with E-state index in [9.17, 15) is 19.2 Å². The summed E-state index contributed by atoms with van der Waals surface area (Å²) in [7, 11) is 1.41. The Balaban J connectivity index is 2.39. The molecule has 1 unspecified atom stereocenters. The normalized spacial score (nSPS) is 14.8. The van der Waals surface area contributed by atoms with Gasteiger partial charge < -0.3 is 15.8 Å². The molecular weight excluding hydrogens is 274 g/mol. The molecule has 3 amide bonds. The monoisotopic (exact) mass is 289 g/mol. The lowest BCUT2D eigenvalue weighted by Gasteiger charge is -2.24. The van der Waals surface area contributed by atoms with Gasteiger partial charge in [-0.25, -0.2) is 0 Å². The number of hydrogen-bond donors (Lipinski definition) is 2. The fraction of sp³-hybridized carbons (Fsp3) is 0.286. The molecule has 0 bridgehead atoms. The van der Waals surface area contributed by atoms with Crippen LogP contribution in [0.3, 0.4) is 0 Å². The van der Waals surface area contributed by atoms with Crippen molar-refractivity contribution < 1.29 is 19.2 Å². The molecule has 1 aliphatic heterocycles. The van der Waals surface area contributed by atoms with Crippen molar-refractivity contribution in [1.29, 1.82) is 0 Å². The third-order valence-corrected chi connectivity index (χ3v) is 3.36. The molecule has 0 aromatic heterocycles. The van der Waals surface area contributed by atoms with Gasteiger partial charge in [0.2, 0.25) is 5.91 Å². The van der Waals surface area contributed by atoms with Crippen molar-refractivity contribution >= 4 is 29.7 Å². The summed E-state index contributed by atoms with van der Waals surface area (Å²) in [6.45, 7) is 0. The largest absolute Gasteiger partial charge is 0.399 e. The lowest BCUT2D eigenvalue weighted by Crippen LogP contribution is -2.48. The van der Waals surface area contributed by atoms with Gasteiger partial charge in [-0.1, -0.05) is 0 Å². The summed E-state index contributed by atoms with van der Waals surface area (Å²) in [5.74, 6) is -1.60. The SMILES string of the molecule is CNC(=O)C(CCC=O)N1C(=O)c2ccc(N)cc2C1=O. The van der Waals surface area contributed by atoms with E-state index in [0.29, 0.717) is 12.0 Å². The van der Waals surface area contributed by atoms with Crippen LogP contribution in [0.15, 0.2) is 18.2 Å². The molecule has 0 aliphatic carbocycles. The number of carbonyl (C=O) groups is 4. The number of nitrogens with two attached hydrogens (primary N) is 1. The minimum atomic E-state index is -1.01. The maximum atomic E-state index is 12.4. The molecule has 0 fully saturated rings. The smallest absolute Gasteiger partial charge is 0.262 e. The maximum absolute atomic E-state index is 12.4. The van der Waals surface area contributed by atoms with E-state index in [1.54, 1.807) is 0 Å². The van der Waals surface area contributed by atoms with Crippen LogP contribution in [0.2, 0.25) is 0 Å². The first-order chi connectivity index (χ1) is 10.0. The Kier molecular flexibility index (Phi) is 4.02. The van der Waals surface area contributed by atoms with Gasteiger partial charge in [0.05, 0.1) is 11.1 Å². The highest BCUT2D eigenvalue weighted by atomic mass is 16.2. The van der Waals surface area contributed by atoms with Gasteiger partial charge >= 0.3 is 0 Å². The minimum absolute atomic E-state index is 0.0770. The average Bonchev–Trinajstić information content (AvgIpc) is 2.71. The molecule has 110 valence electrons. The van der Waals surface area contributed by atoms with E-state index < -0.39 is 23.8 Å². The molecule has 1 aliphatic rings. The van der Waals surface area contributed by atoms with Gasteiger partial charge in [-0.05, 0) is 24.6 Å². The molecule has 1 atom stereocenters. The van der Waals surface area contributed by atoms with Crippen molar-refractivity contribution in [2.75, 3.05) is 12.8 Å². The van der Waals surface area contributed by atoms with Gasteiger partial charge in [-0.15, -0.1) is 0 Å². The standard InChI is InChI=1S/C14H15N3O4/c1-16-12(19)11(3-2-6-18)17-13(20)9-5-4-8(15)7-10(9)14(17)21/h4-7,11H,2-3,15H2,1H3,(H,16,19). The summed E-state index contributed by atoms with van der Waals surface area (Å²) in [6, 6.07) is 3.39. The van der Waals surface area contributed by atoms with E-state index >= 15 is 0 Å². The molecule has 21 heavy (non-hydrogen) atoms. The van der Waals surface area contributed by atoms with Crippen LogP contribution in [-0.2, 0) is 9.59 Å². The zero-order valence-corrected chi connectivity index (χ0v) is 11.5. The molecule has 1 aromatic carbocycles. The van der Waals surface area contributed by atoms with Crippen LogP contribution in [-0.4, -0.2) is 42.0 Å². The summed E-state index contributed by atoms with van der Waals surface area (Å²) in [5, 5.41) is 2.40. The van der Waals surface area contributed by atoms with Crippen LogP contribution in [0.5, 0.6) is 0 Å². The fourth-order valence-electron chi connectivity index (χ4n) is 2.33. The Bertz CT molecular complexity index is 627. The van der Waals surface area contributed by atoms with Crippen molar-refractivity contribution in [2.45, 2.75) is 18.9 Å². The third-order valence-electron chi connectivity index (χ3n) is 3.36. The number of nitrogens with zero attached hydrogens (tertiary/aromatic N) is 1. The van der Waals surface area contributed by atoms with Gasteiger partial charge in [0.15, 0.2) is 0 Å². The molecule has 2 rings (SSSR count). The number of amides is 3. The van der Waals surface area contributed by atoms with Crippen LogP contribution in [0.1, 0.15) is 33.6 Å². The summed E-state index contributed by atoms with van der Waals surface area (Å²) >= 11 is 0. The van der Waals surface area contributed by atoms with Gasteiger partial charge in [-0.2, -0.15) is 0 Å². The number of fused-ring (bicyclic) bond motifs is 1. The second-order valence-corrected chi connectivity index (χ2v) is 4.66. The highest BCUT2D eigenvalue weighted by Crippen LogP contribution is 2.27. The zero-order valence-electron chi connectivity index (χ0n) is 11.5. The van der Waals surface area contributed by atoms with E-state index in [-0.39, 0.29) is 24.0 Å². The number of anilines is 1. The summed E-state index contributed by atoms with van der Waals surface area (Å²) in [4.78, 5) is 48.0. The summed E-state index contributed by atoms with van der Waals surface area (Å²) in [5.41, 5.74) is 6.38. The van der Waals surface area contributed by atoms with E-state index in [2.05, 4.69) is 5.32 Å². The summed E-state index contributed by atoms with van der Waals surface area (Å²) in [6.07, 6.45) is 0.809. The molecule has 0 saturated carbocycles. The minimum Gasteiger partial charge on any atom is -0.399 e. The summed E-state index contributed by atoms with van der Waals surface area (Å²) < 4.78 is 0. The Labute approximate surface area is 121 Å². The topological polar surface area (TPSA) is 110 Å². The number of hydrogen-bond acceptors (Lipinski definition) is 5. The number of likely N-dealkylation sites (N-methyl/N-ethyl adjacent to an activating group) is 1. The Morgan fingerprint density at radius 3 is 2.62 bits per heavy atom. The number of benzene rings is 1. The van der Waals surface area contributed by atoms with Crippen LogP contribution in [0.4, 0.5) is 5.69 Å². The first-order valence-electron chi connectivity index (χ1n) is 6.44. The van der Waals surface area contributed by atoms with Gasteiger partial charge in [-0.3, -0.25) is 19.3 Å². The lowest BCUT2D eigenvalue weighted by atomic mass is 10.1. The van der Waals surface area contributed by atoms with Crippen molar-refractivity contribution in [3.63, 3.8) is 0 Å². The van der Waals surface area contributed by atoms with Crippen LogP contribution >= 0.6 is 0 Å². The average molecular weight is 289 g/mol. The van der Waals surface area contributed by atoms with E-state index in [1.165, 1.54) is 25.2 Å². The molecule has 1 heterocycles. The fourth-order valence-corrected chi connectivity index (χ4v) is 2.33. The Hall–Kier alpha value is -2.70. The lowest BCUT2D eigenvalue weighted by molar-refractivity contribution is -0.124. The van der Waals surface area contributed by atoms with Crippen LogP contribution < -0.4 is 11.1 Å². The van der Waals surface area contributed by atoms with E-state index in [4.69, 9.17) is 5.73 Å². The van der Waals surface area contributed by atoms with E-state index in [0.717, 1.165) is 4.90 Å².